The molecule has 1 N–H and O–H groups in total. The molecule has 3 rings (SSSR count). The number of likely N-dealkylation sites (tertiary alicyclic amines) is 1. The van der Waals surface area contributed by atoms with Crippen LogP contribution in [0, 0.1) is 0 Å². The predicted molar refractivity (Wildman–Crippen MR) is 64.7 cm³/mol. The van der Waals surface area contributed by atoms with Gasteiger partial charge in [-0.2, -0.15) is 0 Å². The van der Waals surface area contributed by atoms with Crippen molar-refractivity contribution < 1.29 is 9.90 Å². The van der Waals surface area contributed by atoms with Gasteiger partial charge in [0, 0.05) is 19.5 Å². The molecule has 3 nitrogen and oxygen atoms in total. The molecule has 0 bridgehead atoms. The van der Waals surface area contributed by atoms with E-state index >= 15 is 0 Å². The van der Waals surface area contributed by atoms with Crippen LogP contribution in [0.25, 0.3) is 0 Å². The van der Waals surface area contributed by atoms with Crippen LogP contribution < -0.4 is 0 Å². The molecule has 1 amide bonds. The fourth-order valence-electron chi connectivity index (χ4n) is 2.86. The number of rotatable bonds is 2. The second-order valence-electron chi connectivity index (χ2n) is 5.09. The van der Waals surface area contributed by atoms with E-state index in [1.165, 1.54) is 11.1 Å². The molecule has 1 aromatic rings. The summed E-state index contributed by atoms with van der Waals surface area (Å²) in [5.74, 6) is 0.577. The topological polar surface area (TPSA) is 40.5 Å². The van der Waals surface area contributed by atoms with Gasteiger partial charge in [-0.3, -0.25) is 4.79 Å². The van der Waals surface area contributed by atoms with E-state index in [1.54, 1.807) is 4.90 Å². The van der Waals surface area contributed by atoms with Crippen molar-refractivity contribution in [1.29, 1.82) is 0 Å². The normalized spacial score (nSPS) is 23.4. The van der Waals surface area contributed by atoms with E-state index in [1.807, 2.05) is 0 Å². The van der Waals surface area contributed by atoms with Crippen molar-refractivity contribution in [3.63, 3.8) is 0 Å². The molecular formula is C14H17NO2. The molecule has 2 aliphatic rings. The molecule has 0 aromatic heterocycles. The fourth-order valence-corrected chi connectivity index (χ4v) is 2.86. The highest BCUT2D eigenvalue weighted by Crippen LogP contribution is 2.35. The van der Waals surface area contributed by atoms with Crippen molar-refractivity contribution in [2.24, 2.45) is 0 Å². The molecule has 1 aromatic carbocycles. The van der Waals surface area contributed by atoms with Crippen LogP contribution in [-0.2, 0) is 11.2 Å². The van der Waals surface area contributed by atoms with Crippen LogP contribution in [-0.4, -0.2) is 35.1 Å². The summed E-state index contributed by atoms with van der Waals surface area (Å²) < 4.78 is 0. The largest absolute Gasteiger partial charge is 0.389 e. The molecular weight excluding hydrogens is 214 g/mol. The highest BCUT2D eigenvalue weighted by molar-refractivity contribution is 5.78. The van der Waals surface area contributed by atoms with E-state index in [0.29, 0.717) is 25.4 Å². The second-order valence-corrected chi connectivity index (χ2v) is 5.09. The van der Waals surface area contributed by atoms with Crippen LogP contribution in [0.5, 0.6) is 0 Å². The number of fused-ring (bicyclic) bond motifs is 1. The first-order chi connectivity index (χ1) is 8.24. The molecule has 17 heavy (non-hydrogen) atoms. The number of nitrogens with zero attached hydrogens (tertiary/aromatic N) is 1. The lowest BCUT2D eigenvalue weighted by Gasteiger charge is -2.36. The van der Waals surface area contributed by atoms with Crippen LogP contribution in [0.4, 0.5) is 0 Å². The third-order valence-electron chi connectivity index (χ3n) is 3.89. The maximum Gasteiger partial charge on any atom is 0.223 e. The van der Waals surface area contributed by atoms with Gasteiger partial charge in [-0.25, -0.2) is 0 Å². The molecule has 3 heteroatoms. The molecule has 1 atom stereocenters. The predicted octanol–water partition coefficient (Wildman–Crippen LogP) is 1.31. The highest BCUT2D eigenvalue weighted by Gasteiger charge is 2.32. The number of β-amino-alcohol motifs (C(OH)–C–C–N with tert-alkyl or cyclic N) is 1. The van der Waals surface area contributed by atoms with Crippen molar-refractivity contribution in [2.45, 2.75) is 31.3 Å². The first-order valence-electron chi connectivity index (χ1n) is 6.27. The Hall–Kier alpha value is -1.35. The fraction of sp³-hybridized carbons (Fsp3) is 0.500. The van der Waals surface area contributed by atoms with Gasteiger partial charge in [0.2, 0.25) is 5.91 Å². The van der Waals surface area contributed by atoms with E-state index in [2.05, 4.69) is 24.3 Å². The van der Waals surface area contributed by atoms with Crippen LogP contribution in [0.1, 0.15) is 29.9 Å². The summed E-state index contributed by atoms with van der Waals surface area (Å²) in [6.45, 7) is 1.04. The van der Waals surface area contributed by atoms with Crippen LogP contribution >= 0.6 is 0 Å². The molecule has 0 saturated carbocycles. The first kappa shape index (κ1) is 10.8. The number of aliphatic hydroxyl groups is 1. The van der Waals surface area contributed by atoms with Gasteiger partial charge in [-0.05, 0) is 29.9 Å². The van der Waals surface area contributed by atoms with Crippen LogP contribution in [0.2, 0.25) is 0 Å². The van der Waals surface area contributed by atoms with Crippen LogP contribution in [0.3, 0.4) is 0 Å². The van der Waals surface area contributed by atoms with E-state index in [0.717, 1.165) is 12.8 Å². The molecule has 1 heterocycles. The van der Waals surface area contributed by atoms with Gasteiger partial charge >= 0.3 is 0 Å². The average molecular weight is 231 g/mol. The molecule has 0 spiro atoms. The summed E-state index contributed by atoms with van der Waals surface area (Å²) in [6, 6.07) is 8.42. The number of aryl methyl sites for hydroxylation is 1. The minimum Gasteiger partial charge on any atom is -0.389 e. The second kappa shape index (κ2) is 4.15. The minimum absolute atomic E-state index is 0.192. The van der Waals surface area contributed by atoms with Crippen molar-refractivity contribution in [1.82, 2.24) is 4.90 Å². The minimum atomic E-state index is -0.296. The van der Waals surface area contributed by atoms with E-state index in [4.69, 9.17) is 0 Å². The van der Waals surface area contributed by atoms with Crippen molar-refractivity contribution in [2.75, 3.05) is 13.1 Å². The molecule has 0 unspecified atom stereocenters. The molecule has 1 aliphatic heterocycles. The molecule has 0 radical (unpaired) electrons. The van der Waals surface area contributed by atoms with Gasteiger partial charge in [0.05, 0.1) is 6.10 Å². The summed E-state index contributed by atoms with van der Waals surface area (Å²) >= 11 is 0. The van der Waals surface area contributed by atoms with Crippen LogP contribution in [0.15, 0.2) is 24.3 Å². The standard InChI is InChI=1S/C14H17NO2/c16-12-8-15(9-12)14(17)7-11-6-5-10-3-1-2-4-13(10)11/h1-4,11-12,16H,5-9H2/t11-/m1/s1. The summed E-state index contributed by atoms with van der Waals surface area (Å²) in [7, 11) is 0. The monoisotopic (exact) mass is 231 g/mol. The summed E-state index contributed by atoms with van der Waals surface area (Å²) in [4.78, 5) is 13.7. The summed E-state index contributed by atoms with van der Waals surface area (Å²) in [5, 5.41) is 9.19. The van der Waals surface area contributed by atoms with Gasteiger partial charge in [0.1, 0.15) is 0 Å². The molecule has 1 aliphatic carbocycles. The van der Waals surface area contributed by atoms with Crippen molar-refractivity contribution in [3.8, 4) is 0 Å². The van der Waals surface area contributed by atoms with Gasteiger partial charge in [0.25, 0.3) is 0 Å². The Morgan fingerprint density at radius 1 is 1.35 bits per heavy atom. The Balaban J connectivity index is 1.65. The average Bonchev–Trinajstić information content (AvgIpc) is 2.69. The summed E-state index contributed by atoms with van der Waals surface area (Å²) in [5.41, 5.74) is 2.75. The zero-order chi connectivity index (χ0) is 11.8. The third kappa shape index (κ3) is 1.95. The van der Waals surface area contributed by atoms with Gasteiger partial charge in [-0.1, -0.05) is 24.3 Å². The number of amides is 1. The quantitative estimate of drug-likeness (QED) is 0.833. The number of carbonyl (C=O) groups is 1. The smallest absolute Gasteiger partial charge is 0.223 e. The Morgan fingerprint density at radius 3 is 2.88 bits per heavy atom. The Morgan fingerprint density at radius 2 is 2.12 bits per heavy atom. The highest BCUT2D eigenvalue weighted by atomic mass is 16.3. The maximum absolute atomic E-state index is 12.0. The lowest BCUT2D eigenvalue weighted by molar-refractivity contribution is -0.141. The Bertz CT molecular complexity index is 438. The van der Waals surface area contributed by atoms with E-state index in [9.17, 15) is 9.90 Å². The van der Waals surface area contributed by atoms with Gasteiger partial charge in [-0.15, -0.1) is 0 Å². The van der Waals surface area contributed by atoms with E-state index < -0.39 is 0 Å². The zero-order valence-electron chi connectivity index (χ0n) is 9.80. The number of hydrogen-bond donors (Lipinski definition) is 1. The number of carbonyl (C=O) groups excluding carboxylic acids is 1. The first-order valence-corrected chi connectivity index (χ1v) is 6.27. The number of hydrogen-bond acceptors (Lipinski definition) is 2. The number of benzene rings is 1. The number of aliphatic hydroxyl groups excluding tert-OH is 1. The molecule has 90 valence electrons. The van der Waals surface area contributed by atoms with Crippen molar-refractivity contribution >= 4 is 5.91 Å². The lowest BCUT2D eigenvalue weighted by atomic mass is 9.96. The van der Waals surface area contributed by atoms with Gasteiger partial charge < -0.3 is 10.0 Å². The summed E-state index contributed by atoms with van der Waals surface area (Å²) in [6.07, 6.45) is 2.48. The lowest BCUT2D eigenvalue weighted by Crippen LogP contribution is -2.53. The maximum atomic E-state index is 12.0. The van der Waals surface area contributed by atoms with Crippen molar-refractivity contribution in [3.05, 3.63) is 35.4 Å². The third-order valence-corrected chi connectivity index (χ3v) is 3.89. The molecule has 1 saturated heterocycles. The molecule has 1 fully saturated rings. The van der Waals surface area contributed by atoms with E-state index in [-0.39, 0.29) is 12.0 Å². The van der Waals surface area contributed by atoms with Gasteiger partial charge in [0.15, 0.2) is 0 Å². The SMILES string of the molecule is O=C(C[C@H]1CCc2ccccc21)N1CC(O)C1. The Kier molecular flexibility index (Phi) is 2.63. The zero-order valence-corrected chi connectivity index (χ0v) is 9.80. The Labute approximate surface area is 101 Å².